The lowest BCUT2D eigenvalue weighted by atomic mass is 10.0. The molecule has 0 aromatic rings. The molecule has 0 spiro atoms. The normalized spacial score (nSPS) is 14.0. The molecule has 0 aliphatic heterocycles. The number of esters is 1. The van der Waals surface area contributed by atoms with Crippen LogP contribution in [0.2, 0.25) is 0 Å². The van der Waals surface area contributed by atoms with E-state index in [1.165, 1.54) is 89.9 Å². The predicted octanol–water partition coefficient (Wildman–Crippen LogP) is 14.8. The van der Waals surface area contributed by atoms with Crippen molar-refractivity contribution in [2.24, 2.45) is 0 Å². The molecule has 0 heterocycles. The van der Waals surface area contributed by atoms with E-state index >= 15 is 0 Å². The highest BCUT2D eigenvalue weighted by atomic mass is 16.5. The van der Waals surface area contributed by atoms with Crippen molar-refractivity contribution in [1.82, 2.24) is 5.32 Å². The van der Waals surface area contributed by atoms with Gasteiger partial charge in [0.25, 0.3) is 0 Å². The van der Waals surface area contributed by atoms with Gasteiger partial charge in [0.05, 0.1) is 25.2 Å². The molecule has 6 nitrogen and oxygen atoms in total. The third kappa shape index (κ3) is 41.8. The van der Waals surface area contributed by atoms with Gasteiger partial charge in [-0.1, -0.05) is 215 Å². The highest BCUT2D eigenvalue weighted by molar-refractivity contribution is 5.78. The molecule has 3 atom stereocenters. The van der Waals surface area contributed by atoms with Gasteiger partial charge >= 0.3 is 5.97 Å². The summed E-state index contributed by atoms with van der Waals surface area (Å²) in [6.45, 7) is 6.28. The summed E-state index contributed by atoms with van der Waals surface area (Å²) in [6, 6.07) is -0.747. The Kier molecular flexibility index (Phi) is 44.8. The number of carbonyl (C=O) groups is 2. The Balaban J connectivity index is 4.79. The fourth-order valence-corrected chi connectivity index (χ4v) is 6.94. The topological polar surface area (TPSA) is 95.9 Å². The third-order valence-electron chi connectivity index (χ3n) is 10.7. The van der Waals surface area contributed by atoms with Crippen LogP contribution < -0.4 is 5.32 Å². The number of aliphatic hydroxyl groups is 2. The van der Waals surface area contributed by atoms with E-state index in [0.29, 0.717) is 19.3 Å². The smallest absolute Gasteiger partial charge is 0.306 e. The van der Waals surface area contributed by atoms with E-state index in [1.54, 1.807) is 6.08 Å². The highest BCUT2D eigenvalue weighted by Crippen LogP contribution is 2.15. The highest BCUT2D eigenvalue weighted by Gasteiger charge is 2.23. The lowest BCUT2D eigenvalue weighted by Crippen LogP contribution is -2.46. The van der Waals surface area contributed by atoms with E-state index in [4.69, 9.17) is 4.74 Å². The lowest BCUT2D eigenvalue weighted by molar-refractivity contribution is -0.148. The minimum absolute atomic E-state index is 0.0539. The Morgan fingerprint density at radius 2 is 0.950 bits per heavy atom. The Hall–Kier alpha value is -2.96. The van der Waals surface area contributed by atoms with Crippen LogP contribution >= 0.6 is 0 Å². The maximum absolute atomic E-state index is 13.1. The molecular formula is C54H93NO5. The summed E-state index contributed by atoms with van der Waals surface area (Å²) < 4.78 is 5.80. The standard InChI is InChI=1S/C54H93NO5/c1-4-7-10-13-16-19-22-24-25-26-27-29-31-33-36-39-42-45-50(60-54(59)47-44-41-38-35-30-21-18-15-12-9-6-3)48-53(58)55-51(49-56)52(57)46-43-40-37-34-32-28-23-20-17-14-11-8-5-2/h7,10,15-16,18-19,24-25,27,29,33,36,42,45,50-52,56-57H,4-6,8-9,11-14,17,20-23,26,28,30-32,34-35,37-41,43-44,46-49H2,1-3H3,(H,55,58)/b10-7-,18-15-,19-16-,25-24-,29-27-,36-33-,45-42-. The Morgan fingerprint density at radius 1 is 0.517 bits per heavy atom. The van der Waals surface area contributed by atoms with E-state index in [2.05, 4.69) is 99.0 Å². The second-order valence-electron chi connectivity index (χ2n) is 16.5. The number of ether oxygens (including phenoxy) is 1. The Morgan fingerprint density at radius 3 is 1.45 bits per heavy atom. The molecule has 0 radical (unpaired) electrons. The number of hydrogen-bond acceptors (Lipinski definition) is 5. The van der Waals surface area contributed by atoms with E-state index in [0.717, 1.165) is 83.5 Å². The van der Waals surface area contributed by atoms with E-state index in [9.17, 15) is 19.8 Å². The number of nitrogens with one attached hydrogen (secondary N) is 1. The number of unbranched alkanes of at least 4 members (excludes halogenated alkanes) is 19. The molecule has 344 valence electrons. The molecule has 1 amide bonds. The summed E-state index contributed by atoms with van der Waals surface area (Å²) in [5.41, 5.74) is 0. The van der Waals surface area contributed by atoms with Crippen molar-refractivity contribution in [2.75, 3.05) is 6.61 Å². The summed E-state index contributed by atoms with van der Waals surface area (Å²) in [7, 11) is 0. The van der Waals surface area contributed by atoms with Crippen LogP contribution in [0.1, 0.15) is 220 Å². The molecule has 0 saturated carbocycles. The lowest BCUT2D eigenvalue weighted by Gasteiger charge is -2.23. The molecule has 0 bridgehead atoms. The molecule has 3 unspecified atom stereocenters. The van der Waals surface area contributed by atoms with Gasteiger partial charge in [0, 0.05) is 6.42 Å². The van der Waals surface area contributed by atoms with Crippen molar-refractivity contribution in [1.29, 1.82) is 0 Å². The van der Waals surface area contributed by atoms with Crippen LogP contribution in [-0.2, 0) is 14.3 Å². The quantitative estimate of drug-likeness (QED) is 0.0323. The second kappa shape index (κ2) is 47.1. The minimum atomic E-state index is -0.824. The number of rotatable bonds is 43. The molecular weight excluding hydrogens is 743 g/mol. The summed E-state index contributed by atoms with van der Waals surface area (Å²) in [5, 5.41) is 23.7. The molecule has 0 aliphatic rings. The predicted molar refractivity (Wildman–Crippen MR) is 259 cm³/mol. The molecule has 60 heavy (non-hydrogen) atoms. The van der Waals surface area contributed by atoms with Gasteiger partial charge in [-0.05, 0) is 76.7 Å². The number of allylic oxidation sites excluding steroid dienone is 13. The zero-order chi connectivity index (χ0) is 43.8. The van der Waals surface area contributed by atoms with E-state index in [-0.39, 0.29) is 24.9 Å². The van der Waals surface area contributed by atoms with Crippen molar-refractivity contribution in [2.45, 2.75) is 238 Å². The van der Waals surface area contributed by atoms with Gasteiger partial charge in [0.1, 0.15) is 6.10 Å². The van der Waals surface area contributed by atoms with Gasteiger partial charge in [-0.25, -0.2) is 0 Å². The largest absolute Gasteiger partial charge is 0.458 e. The van der Waals surface area contributed by atoms with Crippen LogP contribution in [0.3, 0.4) is 0 Å². The Bertz CT molecular complexity index is 1160. The molecule has 6 heteroatoms. The first kappa shape index (κ1) is 57.0. The van der Waals surface area contributed by atoms with Gasteiger partial charge in [-0.15, -0.1) is 0 Å². The summed E-state index contributed by atoms with van der Waals surface area (Å²) >= 11 is 0. The first-order valence-electron chi connectivity index (χ1n) is 24.8. The summed E-state index contributed by atoms with van der Waals surface area (Å²) in [5.74, 6) is -0.646. The minimum Gasteiger partial charge on any atom is -0.458 e. The first-order valence-corrected chi connectivity index (χ1v) is 24.8. The van der Waals surface area contributed by atoms with Gasteiger partial charge in [0.15, 0.2) is 0 Å². The fraction of sp³-hybridized carbons (Fsp3) is 0.704. The van der Waals surface area contributed by atoms with Crippen LogP contribution in [0.15, 0.2) is 85.1 Å². The molecule has 0 saturated heterocycles. The summed E-state index contributed by atoms with van der Waals surface area (Å²) in [6.07, 6.45) is 61.0. The van der Waals surface area contributed by atoms with Gasteiger partial charge in [-0.3, -0.25) is 9.59 Å². The maximum Gasteiger partial charge on any atom is 0.306 e. The van der Waals surface area contributed by atoms with Crippen LogP contribution in [0, 0.1) is 0 Å². The van der Waals surface area contributed by atoms with Crippen molar-refractivity contribution in [3.8, 4) is 0 Å². The van der Waals surface area contributed by atoms with Crippen molar-refractivity contribution in [3.63, 3.8) is 0 Å². The van der Waals surface area contributed by atoms with Crippen molar-refractivity contribution >= 4 is 11.9 Å². The van der Waals surface area contributed by atoms with Gasteiger partial charge < -0.3 is 20.3 Å². The molecule has 0 aromatic carbocycles. The zero-order valence-corrected chi connectivity index (χ0v) is 39.1. The SMILES string of the molecule is CC/C=C\C/C=C\C/C=C\C/C=C\C/C=C\C/C=C\C(CC(=O)NC(CO)C(O)CCCCCCCCCCCCCCC)OC(=O)CCCCCCC/C=C\CCCC. The molecule has 3 N–H and O–H groups in total. The van der Waals surface area contributed by atoms with Gasteiger partial charge in [-0.2, -0.15) is 0 Å². The Labute approximate surface area is 370 Å². The van der Waals surface area contributed by atoms with Crippen molar-refractivity contribution < 1.29 is 24.5 Å². The number of aliphatic hydroxyl groups excluding tert-OH is 2. The average Bonchev–Trinajstić information content (AvgIpc) is 3.24. The van der Waals surface area contributed by atoms with Crippen LogP contribution in [0.4, 0.5) is 0 Å². The molecule has 0 aromatic heterocycles. The number of hydrogen-bond donors (Lipinski definition) is 3. The summed E-state index contributed by atoms with van der Waals surface area (Å²) in [4.78, 5) is 26.0. The monoisotopic (exact) mass is 836 g/mol. The fourth-order valence-electron chi connectivity index (χ4n) is 6.94. The van der Waals surface area contributed by atoms with Crippen LogP contribution in [0.5, 0.6) is 0 Å². The maximum atomic E-state index is 13.1. The van der Waals surface area contributed by atoms with Gasteiger partial charge in [0.2, 0.25) is 5.91 Å². The number of carbonyl (C=O) groups excluding carboxylic acids is 2. The van der Waals surface area contributed by atoms with E-state index in [1.807, 2.05) is 6.08 Å². The molecule has 0 aliphatic carbocycles. The second-order valence-corrected chi connectivity index (χ2v) is 16.5. The van der Waals surface area contributed by atoms with Crippen molar-refractivity contribution in [3.05, 3.63) is 85.1 Å². The van der Waals surface area contributed by atoms with E-state index < -0.39 is 18.2 Å². The third-order valence-corrected chi connectivity index (χ3v) is 10.7. The molecule has 0 fully saturated rings. The molecule has 0 rings (SSSR count). The zero-order valence-electron chi connectivity index (χ0n) is 39.1. The number of amides is 1. The average molecular weight is 836 g/mol. The first-order chi connectivity index (χ1) is 29.5. The van der Waals surface area contributed by atoms with Crippen LogP contribution in [0.25, 0.3) is 0 Å². The van der Waals surface area contributed by atoms with Crippen LogP contribution in [-0.4, -0.2) is 46.9 Å².